The van der Waals surface area contributed by atoms with E-state index in [9.17, 15) is 0 Å². The summed E-state index contributed by atoms with van der Waals surface area (Å²) in [5.74, 6) is 1.64. The fourth-order valence-electron chi connectivity index (χ4n) is 2.84. The predicted molar refractivity (Wildman–Crippen MR) is 78.2 cm³/mol. The van der Waals surface area contributed by atoms with Crippen LogP contribution in [0.15, 0.2) is 18.2 Å². The molecule has 0 heterocycles. The Morgan fingerprint density at radius 1 is 1.16 bits per heavy atom. The monoisotopic (exact) mass is 263 g/mol. The Bertz CT molecular complexity index is 413. The third-order valence-electron chi connectivity index (χ3n) is 4.20. The molecule has 1 aromatic rings. The van der Waals surface area contributed by atoms with Crippen molar-refractivity contribution in [3.63, 3.8) is 0 Å². The Morgan fingerprint density at radius 3 is 2.42 bits per heavy atom. The Balaban J connectivity index is 2.18. The van der Waals surface area contributed by atoms with Gasteiger partial charge in [0.2, 0.25) is 0 Å². The van der Waals surface area contributed by atoms with Gasteiger partial charge in [0.1, 0.15) is 0 Å². The molecule has 3 heteroatoms. The van der Waals surface area contributed by atoms with Crippen LogP contribution in [0.1, 0.15) is 38.2 Å². The van der Waals surface area contributed by atoms with Crippen molar-refractivity contribution in [3.05, 3.63) is 23.8 Å². The summed E-state index contributed by atoms with van der Waals surface area (Å²) in [4.78, 5) is 0. The molecule has 0 aromatic heterocycles. The number of ether oxygens (including phenoxy) is 2. The highest BCUT2D eigenvalue weighted by atomic mass is 16.5. The lowest BCUT2D eigenvalue weighted by atomic mass is 9.64. The first kappa shape index (κ1) is 14.2. The number of hydrogen-bond donors (Lipinski definition) is 1. The van der Waals surface area contributed by atoms with Gasteiger partial charge in [0.15, 0.2) is 11.5 Å². The van der Waals surface area contributed by atoms with E-state index in [1.165, 1.54) is 31.2 Å². The normalized spacial score (nSPS) is 16.8. The van der Waals surface area contributed by atoms with E-state index in [0.29, 0.717) is 5.41 Å². The first-order chi connectivity index (χ1) is 9.25. The van der Waals surface area contributed by atoms with Gasteiger partial charge in [-0.2, -0.15) is 0 Å². The minimum Gasteiger partial charge on any atom is -0.493 e. The maximum Gasteiger partial charge on any atom is 0.161 e. The molecular weight excluding hydrogens is 238 g/mol. The maximum absolute atomic E-state index is 5.42. The van der Waals surface area contributed by atoms with Crippen LogP contribution in [-0.4, -0.2) is 27.3 Å². The van der Waals surface area contributed by atoms with Crippen LogP contribution in [0.5, 0.6) is 11.5 Å². The molecule has 0 radical (unpaired) electrons. The van der Waals surface area contributed by atoms with Crippen molar-refractivity contribution in [2.75, 3.05) is 27.3 Å². The van der Waals surface area contributed by atoms with Crippen molar-refractivity contribution in [1.82, 2.24) is 5.32 Å². The largest absolute Gasteiger partial charge is 0.493 e. The summed E-state index contributed by atoms with van der Waals surface area (Å²) in [5, 5.41) is 3.57. The molecule has 0 atom stereocenters. The average Bonchev–Trinajstić information content (AvgIpc) is 2.41. The molecule has 0 bridgehead atoms. The second kappa shape index (κ2) is 6.29. The molecule has 0 unspecified atom stereocenters. The van der Waals surface area contributed by atoms with Crippen molar-refractivity contribution in [1.29, 1.82) is 0 Å². The van der Waals surface area contributed by atoms with Gasteiger partial charge in [-0.3, -0.25) is 0 Å². The topological polar surface area (TPSA) is 30.5 Å². The second-order valence-corrected chi connectivity index (χ2v) is 5.38. The van der Waals surface area contributed by atoms with E-state index >= 15 is 0 Å². The van der Waals surface area contributed by atoms with E-state index in [2.05, 4.69) is 24.4 Å². The first-order valence-electron chi connectivity index (χ1n) is 7.19. The lowest BCUT2D eigenvalue weighted by Crippen LogP contribution is -2.44. The maximum atomic E-state index is 5.42. The van der Waals surface area contributed by atoms with E-state index in [4.69, 9.17) is 9.47 Å². The van der Waals surface area contributed by atoms with Crippen LogP contribution in [0.4, 0.5) is 0 Å². The molecule has 0 aliphatic heterocycles. The van der Waals surface area contributed by atoms with Crippen LogP contribution >= 0.6 is 0 Å². The van der Waals surface area contributed by atoms with E-state index in [0.717, 1.165) is 24.6 Å². The lowest BCUT2D eigenvalue weighted by molar-refractivity contribution is 0.233. The second-order valence-electron chi connectivity index (χ2n) is 5.38. The van der Waals surface area contributed by atoms with E-state index in [-0.39, 0.29) is 0 Å². The molecule has 2 rings (SSSR count). The summed E-state index contributed by atoms with van der Waals surface area (Å²) in [7, 11) is 3.38. The lowest BCUT2D eigenvalue weighted by Gasteiger charge is -2.43. The SMILES string of the molecule is CCCNCC1(c2ccc(OC)c(OC)c2)CCC1. The van der Waals surface area contributed by atoms with Crippen molar-refractivity contribution < 1.29 is 9.47 Å². The summed E-state index contributed by atoms with van der Waals surface area (Å²) < 4.78 is 10.7. The quantitative estimate of drug-likeness (QED) is 0.767. The Morgan fingerprint density at radius 2 is 1.89 bits per heavy atom. The van der Waals surface area contributed by atoms with Crippen molar-refractivity contribution in [3.8, 4) is 11.5 Å². The molecule has 19 heavy (non-hydrogen) atoms. The van der Waals surface area contributed by atoms with Gasteiger partial charge in [0.25, 0.3) is 0 Å². The molecule has 1 saturated carbocycles. The fraction of sp³-hybridized carbons (Fsp3) is 0.625. The zero-order valence-electron chi connectivity index (χ0n) is 12.3. The summed E-state index contributed by atoms with van der Waals surface area (Å²) in [6, 6.07) is 6.35. The summed E-state index contributed by atoms with van der Waals surface area (Å²) in [6.07, 6.45) is 5.03. The molecular formula is C16H25NO2. The molecule has 1 aliphatic carbocycles. The molecule has 3 nitrogen and oxygen atoms in total. The number of benzene rings is 1. The average molecular weight is 263 g/mol. The van der Waals surface area contributed by atoms with Crippen LogP contribution in [0.25, 0.3) is 0 Å². The standard InChI is InChI=1S/C16H25NO2/c1-4-10-17-12-16(8-5-9-16)13-6-7-14(18-2)15(11-13)19-3/h6-7,11,17H,4-5,8-10,12H2,1-3H3. The molecule has 1 fully saturated rings. The predicted octanol–water partition coefficient (Wildman–Crippen LogP) is 3.13. The highest BCUT2D eigenvalue weighted by Gasteiger charge is 2.38. The molecule has 0 saturated heterocycles. The van der Waals surface area contributed by atoms with Crippen LogP contribution in [0.3, 0.4) is 0 Å². The van der Waals surface area contributed by atoms with Crippen LogP contribution in [0, 0.1) is 0 Å². The Kier molecular flexibility index (Phi) is 4.70. The molecule has 0 amide bonds. The first-order valence-corrected chi connectivity index (χ1v) is 7.19. The zero-order chi connectivity index (χ0) is 13.7. The highest BCUT2D eigenvalue weighted by molar-refractivity contribution is 5.46. The van der Waals surface area contributed by atoms with Gasteiger partial charge in [-0.05, 0) is 43.5 Å². The molecule has 1 aromatic carbocycles. The minimum atomic E-state index is 0.300. The third-order valence-corrected chi connectivity index (χ3v) is 4.20. The van der Waals surface area contributed by atoms with Gasteiger partial charge in [-0.1, -0.05) is 19.4 Å². The van der Waals surface area contributed by atoms with Gasteiger partial charge in [0.05, 0.1) is 14.2 Å². The van der Waals surface area contributed by atoms with Gasteiger partial charge < -0.3 is 14.8 Å². The Hall–Kier alpha value is -1.22. The number of rotatable bonds is 7. The Labute approximate surface area is 116 Å². The molecule has 1 N–H and O–H groups in total. The summed E-state index contributed by atoms with van der Waals surface area (Å²) in [5.41, 5.74) is 1.68. The fourth-order valence-corrected chi connectivity index (χ4v) is 2.84. The van der Waals surface area contributed by atoms with Crippen LogP contribution in [-0.2, 0) is 5.41 Å². The van der Waals surface area contributed by atoms with Gasteiger partial charge in [-0.15, -0.1) is 0 Å². The van der Waals surface area contributed by atoms with E-state index in [1.807, 2.05) is 6.07 Å². The number of hydrogen-bond acceptors (Lipinski definition) is 3. The van der Waals surface area contributed by atoms with Crippen molar-refractivity contribution in [2.45, 2.75) is 38.0 Å². The van der Waals surface area contributed by atoms with Gasteiger partial charge in [0, 0.05) is 12.0 Å². The molecule has 106 valence electrons. The number of nitrogens with one attached hydrogen (secondary N) is 1. The summed E-state index contributed by atoms with van der Waals surface area (Å²) in [6.45, 7) is 4.36. The van der Waals surface area contributed by atoms with Crippen molar-refractivity contribution >= 4 is 0 Å². The molecule has 0 spiro atoms. The van der Waals surface area contributed by atoms with Crippen LogP contribution < -0.4 is 14.8 Å². The van der Waals surface area contributed by atoms with Crippen molar-refractivity contribution in [2.24, 2.45) is 0 Å². The van der Waals surface area contributed by atoms with E-state index < -0.39 is 0 Å². The molecule has 1 aliphatic rings. The smallest absolute Gasteiger partial charge is 0.161 e. The van der Waals surface area contributed by atoms with Gasteiger partial charge in [-0.25, -0.2) is 0 Å². The number of methoxy groups -OCH3 is 2. The van der Waals surface area contributed by atoms with Crippen LogP contribution in [0.2, 0.25) is 0 Å². The zero-order valence-corrected chi connectivity index (χ0v) is 12.3. The highest BCUT2D eigenvalue weighted by Crippen LogP contribution is 2.45. The summed E-state index contributed by atoms with van der Waals surface area (Å²) >= 11 is 0. The third kappa shape index (κ3) is 2.86. The van der Waals surface area contributed by atoms with Gasteiger partial charge >= 0.3 is 0 Å². The van der Waals surface area contributed by atoms with E-state index in [1.54, 1.807) is 14.2 Å². The minimum absolute atomic E-state index is 0.300.